The lowest BCUT2D eigenvalue weighted by atomic mass is 10.1. The monoisotopic (exact) mass is 468 g/mol. The van der Waals surface area contributed by atoms with Crippen LogP contribution in [0.25, 0.3) is 17.2 Å². The van der Waals surface area contributed by atoms with Crippen molar-refractivity contribution in [3.63, 3.8) is 0 Å². The number of nitrogens with two attached hydrogens (primary N) is 1. The van der Waals surface area contributed by atoms with Crippen molar-refractivity contribution in [2.75, 3.05) is 12.3 Å². The molecule has 0 bridgehead atoms. The van der Waals surface area contributed by atoms with E-state index in [-0.39, 0.29) is 4.90 Å². The second-order valence-corrected chi connectivity index (χ2v) is 9.34. The molecule has 0 saturated carbocycles. The fourth-order valence-corrected chi connectivity index (χ4v) is 4.56. The number of rotatable bonds is 7. The average molecular weight is 469 g/mol. The van der Waals surface area contributed by atoms with E-state index < -0.39 is 22.2 Å². The highest BCUT2D eigenvalue weighted by Gasteiger charge is 2.18. The Balaban J connectivity index is 1.44. The number of aromatic nitrogens is 2. The Morgan fingerprint density at radius 3 is 2.85 bits per heavy atom. The standard InChI is InChI=1S/C23H24N4O5S/c24-21-9-8-19(15-25-21)18-4-3-5-20(14-18)33(29,30)27-12-11-17(16-27)7-10-22(28)26-32-23-6-1-2-13-31-23/h3-5,7-12,14-16,23H,1-2,6,13H2,(H2,24,25)(H,26,28). The molecule has 1 unspecified atom stereocenters. The molecule has 0 spiro atoms. The van der Waals surface area contributed by atoms with E-state index in [2.05, 4.69) is 10.5 Å². The van der Waals surface area contributed by atoms with Crippen molar-refractivity contribution in [3.05, 3.63) is 72.7 Å². The zero-order chi connectivity index (χ0) is 23.3. The largest absolute Gasteiger partial charge is 0.384 e. The normalized spacial score (nSPS) is 16.7. The van der Waals surface area contributed by atoms with Gasteiger partial charge in [0.2, 0.25) is 0 Å². The van der Waals surface area contributed by atoms with Crippen LogP contribution in [0.3, 0.4) is 0 Å². The van der Waals surface area contributed by atoms with Gasteiger partial charge in [-0.25, -0.2) is 27.7 Å². The summed E-state index contributed by atoms with van der Waals surface area (Å²) in [6.07, 6.45) is 9.47. The van der Waals surface area contributed by atoms with E-state index in [0.29, 0.717) is 23.6 Å². The topological polar surface area (TPSA) is 126 Å². The predicted molar refractivity (Wildman–Crippen MR) is 123 cm³/mol. The van der Waals surface area contributed by atoms with Crippen molar-refractivity contribution >= 4 is 27.8 Å². The fourth-order valence-electron chi connectivity index (χ4n) is 3.31. The van der Waals surface area contributed by atoms with Crippen LogP contribution in [0.4, 0.5) is 5.82 Å². The highest BCUT2D eigenvalue weighted by molar-refractivity contribution is 7.90. The number of nitrogen functional groups attached to an aromatic ring is 1. The minimum Gasteiger partial charge on any atom is -0.384 e. The summed E-state index contributed by atoms with van der Waals surface area (Å²) in [5, 5.41) is 0. The Bertz CT molecular complexity index is 1250. The number of ether oxygens (including phenoxy) is 1. The third kappa shape index (κ3) is 5.67. The number of carbonyl (C=O) groups is 1. The van der Waals surface area contributed by atoms with E-state index in [1.807, 2.05) is 0 Å². The first-order valence-corrected chi connectivity index (χ1v) is 11.9. The number of amides is 1. The molecular weight excluding hydrogens is 444 g/mol. The Hall–Kier alpha value is -3.47. The average Bonchev–Trinajstić information content (AvgIpc) is 3.33. The molecule has 1 amide bonds. The van der Waals surface area contributed by atoms with Crippen LogP contribution in [0, 0.1) is 0 Å². The van der Waals surface area contributed by atoms with Crippen LogP contribution < -0.4 is 11.2 Å². The molecule has 4 rings (SSSR count). The van der Waals surface area contributed by atoms with Gasteiger partial charge in [0.15, 0.2) is 6.29 Å². The van der Waals surface area contributed by atoms with E-state index in [1.54, 1.807) is 42.6 Å². The summed E-state index contributed by atoms with van der Waals surface area (Å²) in [7, 11) is -3.82. The molecule has 1 atom stereocenters. The first-order chi connectivity index (χ1) is 15.9. The smallest absolute Gasteiger partial charge is 0.267 e. The van der Waals surface area contributed by atoms with Gasteiger partial charge in [0.1, 0.15) is 5.82 Å². The zero-order valence-electron chi connectivity index (χ0n) is 17.8. The SMILES string of the molecule is Nc1ccc(-c2cccc(S(=O)(=O)n3ccc(C=CC(=O)NOC4CCCCO4)c3)c2)cn1. The molecule has 0 radical (unpaired) electrons. The summed E-state index contributed by atoms with van der Waals surface area (Å²) in [5.41, 5.74) is 9.95. The Kier molecular flexibility index (Phi) is 6.87. The maximum absolute atomic E-state index is 13.1. The molecule has 9 nitrogen and oxygen atoms in total. The maximum atomic E-state index is 13.1. The van der Waals surface area contributed by atoms with Crippen LogP contribution in [0.2, 0.25) is 0 Å². The second kappa shape index (κ2) is 9.99. The Morgan fingerprint density at radius 2 is 2.09 bits per heavy atom. The summed E-state index contributed by atoms with van der Waals surface area (Å²) in [4.78, 5) is 21.4. The third-order valence-corrected chi connectivity index (χ3v) is 6.71. The lowest BCUT2D eigenvalue weighted by Crippen LogP contribution is -2.32. The molecule has 33 heavy (non-hydrogen) atoms. The first kappa shape index (κ1) is 22.7. The van der Waals surface area contributed by atoms with Gasteiger partial charge in [0, 0.05) is 43.3 Å². The molecule has 1 aliphatic rings. The van der Waals surface area contributed by atoms with Crippen LogP contribution in [0.5, 0.6) is 0 Å². The van der Waals surface area contributed by atoms with Crippen molar-refractivity contribution < 1.29 is 22.8 Å². The number of benzene rings is 1. The number of pyridine rings is 1. The van der Waals surface area contributed by atoms with Gasteiger partial charge in [0.25, 0.3) is 15.9 Å². The minimum absolute atomic E-state index is 0.126. The third-order valence-electron chi connectivity index (χ3n) is 5.08. The highest BCUT2D eigenvalue weighted by atomic mass is 32.2. The lowest BCUT2D eigenvalue weighted by Gasteiger charge is -2.21. The summed E-state index contributed by atoms with van der Waals surface area (Å²) in [6, 6.07) is 11.6. The molecule has 10 heteroatoms. The summed E-state index contributed by atoms with van der Waals surface area (Å²) in [6.45, 7) is 0.609. The van der Waals surface area contributed by atoms with Crippen molar-refractivity contribution in [1.29, 1.82) is 0 Å². The van der Waals surface area contributed by atoms with Gasteiger partial charge in [-0.3, -0.25) is 4.79 Å². The first-order valence-electron chi connectivity index (χ1n) is 10.4. The number of nitrogens with zero attached hydrogens (tertiary/aromatic N) is 2. The number of hydrogen-bond acceptors (Lipinski definition) is 7. The highest BCUT2D eigenvalue weighted by Crippen LogP contribution is 2.24. The fraction of sp³-hybridized carbons (Fsp3) is 0.217. The van der Waals surface area contributed by atoms with Crippen LogP contribution in [-0.4, -0.2) is 36.2 Å². The number of carbonyl (C=O) groups excluding carboxylic acids is 1. The molecule has 3 heterocycles. The second-order valence-electron chi connectivity index (χ2n) is 7.49. The molecule has 3 N–H and O–H groups in total. The number of hydrogen-bond donors (Lipinski definition) is 2. The number of anilines is 1. The quantitative estimate of drug-likeness (QED) is 0.403. The molecule has 1 saturated heterocycles. The maximum Gasteiger partial charge on any atom is 0.267 e. The lowest BCUT2D eigenvalue weighted by molar-refractivity contribution is -0.198. The Morgan fingerprint density at radius 1 is 1.21 bits per heavy atom. The molecule has 2 aromatic heterocycles. The van der Waals surface area contributed by atoms with Gasteiger partial charge in [-0.05, 0) is 60.4 Å². The van der Waals surface area contributed by atoms with Gasteiger partial charge in [-0.15, -0.1) is 0 Å². The van der Waals surface area contributed by atoms with Gasteiger partial charge in [-0.1, -0.05) is 12.1 Å². The van der Waals surface area contributed by atoms with Crippen molar-refractivity contribution in [1.82, 2.24) is 14.4 Å². The predicted octanol–water partition coefficient (Wildman–Crippen LogP) is 2.96. The van der Waals surface area contributed by atoms with Crippen molar-refractivity contribution in [2.45, 2.75) is 30.4 Å². The van der Waals surface area contributed by atoms with Gasteiger partial charge >= 0.3 is 0 Å². The Labute approximate surface area is 191 Å². The van der Waals surface area contributed by atoms with Crippen LogP contribution >= 0.6 is 0 Å². The molecule has 1 aliphatic heterocycles. The molecule has 3 aromatic rings. The number of hydroxylamine groups is 1. The zero-order valence-corrected chi connectivity index (χ0v) is 18.6. The molecule has 172 valence electrons. The number of nitrogens with one attached hydrogen (secondary N) is 1. The molecule has 1 fully saturated rings. The van der Waals surface area contributed by atoms with E-state index in [0.717, 1.165) is 28.8 Å². The van der Waals surface area contributed by atoms with Gasteiger partial charge in [-0.2, -0.15) is 0 Å². The summed E-state index contributed by atoms with van der Waals surface area (Å²) in [5.74, 6) is -0.0809. The van der Waals surface area contributed by atoms with E-state index in [1.165, 1.54) is 30.6 Å². The van der Waals surface area contributed by atoms with Crippen LogP contribution in [0.15, 0.2) is 72.0 Å². The van der Waals surface area contributed by atoms with Crippen LogP contribution in [0.1, 0.15) is 24.8 Å². The molecule has 0 aliphatic carbocycles. The van der Waals surface area contributed by atoms with E-state index >= 15 is 0 Å². The van der Waals surface area contributed by atoms with E-state index in [9.17, 15) is 13.2 Å². The van der Waals surface area contributed by atoms with Crippen molar-refractivity contribution in [3.8, 4) is 11.1 Å². The minimum atomic E-state index is -3.82. The summed E-state index contributed by atoms with van der Waals surface area (Å²) < 4.78 is 32.7. The van der Waals surface area contributed by atoms with E-state index in [4.69, 9.17) is 15.3 Å². The van der Waals surface area contributed by atoms with Crippen LogP contribution in [-0.2, 0) is 24.4 Å². The molecular formula is C23H24N4O5S. The van der Waals surface area contributed by atoms with Gasteiger partial charge < -0.3 is 10.5 Å². The van der Waals surface area contributed by atoms with Crippen molar-refractivity contribution in [2.24, 2.45) is 0 Å². The summed E-state index contributed by atoms with van der Waals surface area (Å²) >= 11 is 0. The van der Waals surface area contributed by atoms with Gasteiger partial charge in [0.05, 0.1) is 4.90 Å². The molecule has 1 aromatic carbocycles.